The molecule has 17 heavy (non-hydrogen) atoms. The molecule has 0 bridgehead atoms. The SMILES string of the molecule is CC1(C)C(Cl)CC1Nc1nc2ccccc2o1. The first-order chi connectivity index (χ1) is 8.07. The minimum Gasteiger partial charge on any atom is -0.424 e. The molecular weight excluding hydrogens is 236 g/mol. The van der Waals surface area contributed by atoms with Crippen LogP contribution in [-0.2, 0) is 0 Å². The zero-order valence-electron chi connectivity index (χ0n) is 9.90. The fraction of sp³-hybridized carbons (Fsp3) is 0.462. The average Bonchev–Trinajstić information content (AvgIpc) is 2.71. The van der Waals surface area contributed by atoms with E-state index in [0.717, 1.165) is 17.5 Å². The van der Waals surface area contributed by atoms with Crippen molar-refractivity contribution in [3.05, 3.63) is 24.3 Å². The summed E-state index contributed by atoms with van der Waals surface area (Å²) in [6.45, 7) is 4.32. The quantitative estimate of drug-likeness (QED) is 0.827. The van der Waals surface area contributed by atoms with E-state index in [-0.39, 0.29) is 10.8 Å². The lowest BCUT2D eigenvalue weighted by atomic mass is 9.67. The van der Waals surface area contributed by atoms with Crippen molar-refractivity contribution in [2.75, 3.05) is 5.32 Å². The Bertz CT molecular complexity index is 516. The van der Waals surface area contributed by atoms with Gasteiger partial charge in [-0.2, -0.15) is 4.98 Å². The van der Waals surface area contributed by atoms with Crippen LogP contribution in [0.3, 0.4) is 0 Å². The van der Waals surface area contributed by atoms with Gasteiger partial charge in [0.25, 0.3) is 6.01 Å². The number of aromatic nitrogens is 1. The number of halogens is 1. The fourth-order valence-electron chi connectivity index (χ4n) is 2.20. The normalized spacial score (nSPS) is 26.8. The first-order valence-corrected chi connectivity index (χ1v) is 6.27. The van der Waals surface area contributed by atoms with Crippen molar-refractivity contribution in [1.82, 2.24) is 4.98 Å². The van der Waals surface area contributed by atoms with Crippen LogP contribution in [0.5, 0.6) is 0 Å². The van der Waals surface area contributed by atoms with Crippen molar-refractivity contribution in [2.45, 2.75) is 31.7 Å². The Kier molecular flexibility index (Phi) is 2.33. The third-order valence-corrected chi connectivity index (χ3v) is 4.48. The Morgan fingerprint density at radius 3 is 2.82 bits per heavy atom. The molecule has 2 aromatic rings. The number of anilines is 1. The Morgan fingerprint density at radius 1 is 1.41 bits per heavy atom. The van der Waals surface area contributed by atoms with E-state index < -0.39 is 0 Å². The Hall–Kier alpha value is -1.22. The molecule has 90 valence electrons. The smallest absolute Gasteiger partial charge is 0.295 e. The summed E-state index contributed by atoms with van der Waals surface area (Å²) in [5.74, 6) is 0. The fourth-order valence-corrected chi connectivity index (χ4v) is 2.53. The van der Waals surface area contributed by atoms with E-state index in [1.54, 1.807) is 0 Å². The van der Waals surface area contributed by atoms with Crippen molar-refractivity contribution in [2.24, 2.45) is 5.41 Å². The number of benzene rings is 1. The maximum Gasteiger partial charge on any atom is 0.295 e. The molecule has 1 aliphatic rings. The van der Waals surface area contributed by atoms with Crippen LogP contribution in [-0.4, -0.2) is 16.4 Å². The Labute approximate surface area is 105 Å². The summed E-state index contributed by atoms with van der Waals surface area (Å²) >= 11 is 6.19. The molecule has 3 nitrogen and oxygen atoms in total. The predicted octanol–water partition coefficient (Wildman–Crippen LogP) is 3.65. The summed E-state index contributed by atoms with van der Waals surface area (Å²) in [5.41, 5.74) is 1.78. The Morgan fingerprint density at radius 2 is 2.18 bits per heavy atom. The molecule has 0 saturated heterocycles. The van der Waals surface area contributed by atoms with Crippen molar-refractivity contribution in [3.8, 4) is 0 Å². The van der Waals surface area contributed by atoms with Gasteiger partial charge in [0.05, 0.1) is 0 Å². The average molecular weight is 251 g/mol. The number of para-hydroxylation sites is 2. The zero-order chi connectivity index (χ0) is 12.0. The highest BCUT2D eigenvalue weighted by Gasteiger charge is 2.47. The summed E-state index contributed by atoms with van der Waals surface area (Å²) in [4.78, 5) is 4.40. The highest BCUT2D eigenvalue weighted by Crippen LogP contribution is 2.45. The van der Waals surface area contributed by atoms with Gasteiger partial charge in [-0.15, -0.1) is 11.6 Å². The number of hydrogen-bond donors (Lipinski definition) is 1. The van der Waals surface area contributed by atoms with Crippen molar-refractivity contribution < 1.29 is 4.42 Å². The first kappa shape index (κ1) is 10.9. The van der Waals surface area contributed by atoms with E-state index in [4.69, 9.17) is 16.0 Å². The summed E-state index contributed by atoms with van der Waals surface area (Å²) in [6, 6.07) is 8.69. The topological polar surface area (TPSA) is 38.1 Å². The molecule has 1 N–H and O–H groups in total. The summed E-state index contributed by atoms with van der Waals surface area (Å²) in [5, 5.41) is 3.55. The van der Waals surface area contributed by atoms with E-state index in [9.17, 15) is 0 Å². The maximum absolute atomic E-state index is 6.19. The van der Waals surface area contributed by atoms with Crippen LogP contribution in [0.15, 0.2) is 28.7 Å². The van der Waals surface area contributed by atoms with Gasteiger partial charge in [0.15, 0.2) is 5.58 Å². The molecule has 0 spiro atoms. The van der Waals surface area contributed by atoms with Crippen molar-refractivity contribution in [1.29, 1.82) is 0 Å². The number of rotatable bonds is 2. The van der Waals surface area contributed by atoms with Crippen LogP contribution in [0.2, 0.25) is 0 Å². The van der Waals surface area contributed by atoms with E-state index in [1.165, 1.54) is 0 Å². The van der Waals surface area contributed by atoms with Crippen LogP contribution in [0.25, 0.3) is 11.1 Å². The second-order valence-corrected chi connectivity index (χ2v) is 5.74. The number of fused-ring (bicyclic) bond motifs is 1. The molecule has 2 unspecified atom stereocenters. The van der Waals surface area contributed by atoms with Crippen LogP contribution >= 0.6 is 11.6 Å². The summed E-state index contributed by atoms with van der Waals surface area (Å²) < 4.78 is 5.64. The van der Waals surface area contributed by atoms with Crippen molar-refractivity contribution in [3.63, 3.8) is 0 Å². The van der Waals surface area contributed by atoms with Gasteiger partial charge in [-0.3, -0.25) is 0 Å². The van der Waals surface area contributed by atoms with Gasteiger partial charge in [0.1, 0.15) is 5.52 Å². The largest absolute Gasteiger partial charge is 0.424 e. The zero-order valence-corrected chi connectivity index (χ0v) is 10.7. The van der Waals surface area contributed by atoms with E-state index in [0.29, 0.717) is 12.1 Å². The molecule has 2 atom stereocenters. The van der Waals surface area contributed by atoms with E-state index in [1.807, 2.05) is 24.3 Å². The minimum atomic E-state index is 0.0855. The lowest BCUT2D eigenvalue weighted by Crippen LogP contribution is -2.54. The highest BCUT2D eigenvalue weighted by molar-refractivity contribution is 6.21. The second kappa shape index (κ2) is 3.64. The molecule has 1 aromatic carbocycles. The third-order valence-electron chi connectivity index (χ3n) is 3.74. The Balaban J connectivity index is 1.82. The van der Waals surface area contributed by atoms with E-state index >= 15 is 0 Å². The third kappa shape index (κ3) is 1.69. The van der Waals surface area contributed by atoms with Gasteiger partial charge >= 0.3 is 0 Å². The van der Waals surface area contributed by atoms with E-state index in [2.05, 4.69) is 24.1 Å². The van der Waals surface area contributed by atoms with Crippen molar-refractivity contribution >= 4 is 28.7 Å². The summed E-state index contributed by atoms with van der Waals surface area (Å²) in [7, 11) is 0. The lowest BCUT2D eigenvalue weighted by molar-refractivity contribution is 0.166. The van der Waals surface area contributed by atoms with Gasteiger partial charge < -0.3 is 9.73 Å². The van der Waals surface area contributed by atoms with Gasteiger partial charge in [0.2, 0.25) is 0 Å². The first-order valence-electron chi connectivity index (χ1n) is 5.83. The number of oxazole rings is 1. The number of hydrogen-bond acceptors (Lipinski definition) is 3. The van der Waals surface area contributed by atoms with Crippen LogP contribution in [0.1, 0.15) is 20.3 Å². The molecule has 1 aromatic heterocycles. The maximum atomic E-state index is 6.19. The molecule has 1 saturated carbocycles. The second-order valence-electron chi connectivity index (χ2n) is 5.21. The molecule has 4 heteroatoms. The minimum absolute atomic E-state index is 0.0855. The van der Waals surface area contributed by atoms with Crippen LogP contribution in [0.4, 0.5) is 6.01 Å². The van der Waals surface area contributed by atoms with Crippen LogP contribution < -0.4 is 5.32 Å². The predicted molar refractivity (Wildman–Crippen MR) is 69.5 cm³/mol. The molecule has 0 radical (unpaired) electrons. The standard InChI is InChI=1S/C13H15ClN2O/c1-13(2)10(14)7-11(13)16-12-15-8-5-3-4-6-9(8)17-12/h3-6,10-11H,7H2,1-2H3,(H,15,16). The molecule has 1 fully saturated rings. The number of alkyl halides is 1. The highest BCUT2D eigenvalue weighted by atomic mass is 35.5. The van der Waals surface area contributed by atoms with Gasteiger partial charge in [-0.25, -0.2) is 0 Å². The lowest BCUT2D eigenvalue weighted by Gasteiger charge is -2.48. The molecular formula is C13H15ClN2O. The monoisotopic (exact) mass is 250 g/mol. The summed E-state index contributed by atoms with van der Waals surface area (Å²) in [6.07, 6.45) is 0.952. The number of nitrogens with one attached hydrogen (secondary N) is 1. The molecule has 1 aliphatic carbocycles. The molecule has 0 amide bonds. The number of nitrogens with zero attached hydrogens (tertiary/aromatic N) is 1. The van der Waals surface area contributed by atoms with Gasteiger partial charge in [-0.05, 0) is 18.6 Å². The molecule has 1 heterocycles. The molecule has 3 rings (SSSR count). The van der Waals surface area contributed by atoms with Crippen LogP contribution in [0, 0.1) is 5.41 Å². The molecule has 0 aliphatic heterocycles. The van der Waals surface area contributed by atoms with Gasteiger partial charge in [0, 0.05) is 16.8 Å². The van der Waals surface area contributed by atoms with Gasteiger partial charge in [-0.1, -0.05) is 26.0 Å².